The van der Waals surface area contributed by atoms with E-state index in [1.807, 2.05) is 0 Å². The van der Waals surface area contributed by atoms with Crippen LogP contribution in [0.2, 0.25) is 0 Å². The van der Waals surface area contributed by atoms with Crippen molar-refractivity contribution in [2.45, 2.75) is 0 Å². The molecule has 0 aliphatic rings. The van der Waals surface area contributed by atoms with E-state index in [-0.39, 0.29) is 32.7 Å². The summed E-state index contributed by atoms with van der Waals surface area (Å²) in [5.74, 6) is 4.68. The third-order valence-corrected chi connectivity index (χ3v) is 0.406. The molecule has 1 radical (unpaired) electrons. The molecule has 2 heteroatoms. The quantitative estimate of drug-likeness (QED) is 0.438. The van der Waals surface area contributed by atoms with Gasteiger partial charge in [0.1, 0.15) is 0 Å². The Morgan fingerprint density at radius 3 is 1.75 bits per heavy atom. The van der Waals surface area contributed by atoms with Gasteiger partial charge in [0.15, 0.2) is 0 Å². The molecule has 1 nitrogen and oxygen atoms in total. The zero-order chi connectivity index (χ0) is 5.54. The molecule has 0 saturated carbocycles. The van der Waals surface area contributed by atoms with Crippen LogP contribution in [0.15, 0.2) is 0 Å². The predicted octanol–water partition coefficient (Wildman–Crippen LogP) is 0.624. The van der Waals surface area contributed by atoms with Crippen molar-refractivity contribution in [3.63, 3.8) is 0 Å². The zero-order valence-corrected chi connectivity index (χ0v) is 7.43. The van der Waals surface area contributed by atoms with Gasteiger partial charge in [-0.2, -0.15) is 0 Å². The van der Waals surface area contributed by atoms with Crippen LogP contribution in [0.3, 0.4) is 0 Å². The van der Waals surface area contributed by atoms with Gasteiger partial charge in [0.25, 0.3) is 0 Å². The van der Waals surface area contributed by atoms with E-state index in [0.29, 0.717) is 13.1 Å². The van der Waals surface area contributed by atoms with Crippen LogP contribution in [-0.2, 0) is 32.7 Å². The van der Waals surface area contributed by atoms with E-state index >= 15 is 0 Å². The Morgan fingerprint density at radius 2 is 1.50 bits per heavy atom. The van der Waals surface area contributed by atoms with E-state index in [1.165, 1.54) is 0 Å². The molecule has 0 amide bonds. The molecular formula is C6H6NY-. The monoisotopic (exact) mass is 181 g/mol. The van der Waals surface area contributed by atoms with Crippen molar-refractivity contribution in [1.29, 1.82) is 0 Å². The molecule has 0 spiro atoms. The minimum Gasteiger partial charge on any atom is -0.642 e. The summed E-state index contributed by atoms with van der Waals surface area (Å²) in [5, 5.41) is 3.74. The van der Waals surface area contributed by atoms with Crippen molar-refractivity contribution >= 4 is 0 Å². The third-order valence-electron chi connectivity index (χ3n) is 0.406. The third kappa shape index (κ3) is 9.49. The molecule has 0 unspecified atom stereocenters. The predicted molar refractivity (Wildman–Crippen MR) is 30.8 cm³/mol. The van der Waals surface area contributed by atoms with E-state index in [0.717, 1.165) is 0 Å². The maximum Gasteiger partial charge on any atom is 0 e. The second-order valence-corrected chi connectivity index (χ2v) is 0.948. The molecule has 0 fully saturated rings. The van der Waals surface area contributed by atoms with Crippen molar-refractivity contribution in [3.8, 4) is 24.7 Å². The van der Waals surface area contributed by atoms with Gasteiger partial charge >= 0.3 is 0 Å². The van der Waals surface area contributed by atoms with Gasteiger partial charge in [0.05, 0.1) is 0 Å². The number of nitrogens with zero attached hydrogens (tertiary/aromatic N) is 1. The van der Waals surface area contributed by atoms with Crippen molar-refractivity contribution in [1.82, 2.24) is 0 Å². The van der Waals surface area contributed by atoms with Gasteiger partial charge in [0.2, 0.25) is 0 Å². The van der Waals surface area contributed by atoms with Crippen LogP contribution in [0.1, 0.15) is 0 Å². The van der Waals surface area contributed by atoms with Crippen LogP contribution in [0.25, 0.3) is 5.32 Å². The van der Waals surface area contributed by atoms with Crippen molar-refractivity contribution in [3.05, 3.63) is 5.32 Å². The van der Waals surface area contributed by atoms with Gasteiger partial charge in [-0.15, -0.1) is 24.7 Å². The van der Waals surface area contributed by atoms with Gasteiger partial charge in [-0.3, -0.25) is 0 Å². The minimum absolute atomic E-state index is 0. The molecule has 0 aliphatic heterocycles. The molecule has 39 valence electrons. The fourth-order valence-corrected chi connectivity index (χ4v) is 0.185. The van der Waals surface area contributed by atoms with E-state index in [9.17, 15) is 0 Å². The van der Waals surface area contributed by atoms with Crippen LogP contribution in [0.4, 0.5) is 0 Å². The topological polar surface area (TPSA) is 14.1 Å². The van der Waals surface area contributed by atoms with Crippen LogP contribution < -0.4 is 0 Å². The first-order valence-corrected chi connectivity index (χ1v) is 1.92. The molecule has 0 saturated heterocycles. The Balaban J connectivity index is 0. The summed E-state index contributed by atoms with van der Waals surface area (Å²) in [5.41, 5.74) is 0. The van der Waals surface area contributed by atoms with E-state index in [4.69, 9.17) is 12.8 Å². The maximum absolute atomic E-state index is 4.86. The number of hydrogen-bond donors (Lipinski definition) is 0. The number of terminal acetylenes is 2. The fraction of sp³-hybridized carbons (Fsp3) is 0.333. The van der Waals surface area contributed by atoms with E-state index < -0.39 is 0 Å². The van der Waals surface area contributed by atoms with E-state index in [2.05, 4.69) is 17.2 Å². The molecule has 0 heterocycles. The Bertz CT molecular complexity index is 92.7. The zero-order valence-electron chi connectivity index (χ0n) is 4.59. The first kappa shape index (κ1) is 11.0. The summed E-state index contributed by atoms with van der Waals surface area (Å²) in [4.78, 5) is 0. The molecule has 0 bridgehead atoms. The van der Waals surface area contributed by atoms with Gasteiger partial charge < -0.3 is 5.32 Å². The second kappa shape index (κ2) is 10.2. The first-order valence-electron chi connectivity index (χ1n) is 1.92. The van der Waals surface area contributed by atoms with Crippen molar-refractivity contribution < 1.29 is 32.7 Å². The largest absolute Gasteiger partial charge is 0.642 e. The summed E-state index contributed by atoms with van der Waals surface area (Å²) < 4.78 is 0. The Labute approximate surface area is 75.5 Å². The molecular weight excluding hydrogens is 175 g/mol. The van der Waals surface area contributed by atoms with Crippen LogP contribution in [-0.4, -0.2) is 13.1 Å². The molecule has 8 heavy (non-hydrogen) atoms. The van der Waals surface area contributed by atoms with Gasteiger partial charge in [-0.1, -0.05) is 13.1 Å². The Kier molecular flexibility index (Phi) is 14.1. The SMILES string of the molecule is C#CC[N-]CC#C.[Y]. The molecule has 0 aliphatic carbocycles. The number of rotatable bonds is 2. The molecule has 0 atom stereocenters. The first-order chi connectivity index (χ1) is 3.41. The molecule has 0 N–H and O–H groups in total. The Morgan fingerprint density at radius 1 is 1.12 bits per heavy atom. The summed E-state index contributed by atoms with van der Waals surface area (Å²) in [6.07, 6.45) is 9.71. The molecule has 0 rings (SSSR count). The van der Waals surface area contributed by atoms with Gasteiger partial charge in [-0.25, -0.2) is 0 Å². The van der Waals surface area contributed by atoms with E-state index in [1.54, 1.807) is 0 Å². The number of hydrogen-bond acceptors (Lipinski definition) is 0. The summed E-state index contributed by atoms with van der Waals surface area (Å²) >= 11 is 0. The normalized spacial score (nSPS) is 5.75. The molecule has 0 aromatic carbocycles. The summed E-state index contributed by atoms with van der Waals surface area (Å²) in [6, 6.07) is 0. The fourth-order valence-electron chi connectivity index (χ4n) is 0.185. The van der Waals surface area contributed by atoms with Crippen molar-refractivity contribution in [2.75, 3.05) is 13.1 Å². The van der Waals surface area contributed by atoms with Crippen molar-refractivity contribution in [2.24, 2.45) is 0 Å². The van der Waals surface area contributed by atoms with Gasteiger partial charge in [-0.05, 0) is 0 Å². The minimum atomic E-state index is 0. The average Bonchev–Trinajstić information content (AvgIpc) is 1.69. The van der Waals surface area contributed by atoms with Gasteiger partial charge in [0, 0.05) is 32.7 Å². The van der Waals surface area contributed by atoms with Crippen LogP contribution in [0.5, 0.6) is 0 Å². The summed E-state index contributed by atoms with van der Waals surface area (Å²) in [7, 11) is 0. The van der Waals surface area contributed by atoms with Crippen LogP contribution in [0, 0.1) is 24.7 Å². The smallest absolute Gasteiger partial charge is 0 e. The Hall–Kier alpha value is 0.184. The maximum atomic E-state index is 4.86. The second-order valence-electron chi connectivity index (χ2n) is 0.948. The van der Waals surface area contributed by atoms with Crippen LogP contribution >= 0.6 is 0 Å². The summed E-state index contributed by atoms with van der Waals surface area (Å²) in [6.45, 7) is 0.869. The standard InChI is InChI=1S/C6H6N.Y/c1-3-5-7-6-4-2;/h1-2H,5-6H2;/q-1;. The molecule has 0 aromatic heterocycles. The molecule has 0 aromatic rings. The average molecular weight is 181 g/mol.